The Morgan fingerprint density at radius 3 is 2.15 bits per heavy atom. The van der Waals surface area contributed by atoms with E-state index in [1.165, 1.54) is 0 Å². The molecule has 0 aliphatic heterocycles. The first-order valence-corrected chi connectivity index (χ1v) is 7.52. The van der Waals surface area contributed by atoms with E-state index in [0.29, 0.717) is 24.4 Å². The van der Waals surface area contributed by atoms with E-state index >= 15 is 0 Å². The molecule has 3 nitrogen and oxygen atoms in total. The van der Waals surface area contributed by atoms with Gasteiger partial charge >= 0.3 is 0 Å². The third kappa shape index (κ3) is 5.41. The van der Waals surface area contributed by atoms with Crippen LogP contribution in [-0.4, -0.2) is 26.8 Å². The van der Waals surface area contributed by atoms with E-state index < -0.39 is 0 Å². The van der Waals surface area contributed by atoms with Crippen LogP contribution in [0.15, 0.2) is 24.3 Å². The lowest BCUT2D eigenvalue weighted by atomic mass is 9.85. The van der Waals surface area contributed by atoms with Crippen molar-refractivity contribution in [2.75, 3.05) is 26.8 Å². The maximum absolute atomic E-state index is 5.74. The highest BCUT2D eigenvalue weighted by molar-refractivity contribution is 5.39. The van der Waals surface area contributed by atoms with Gasteiger partial charge in [-0.3, -0.25) is 0 Å². The van der Waals surface area contributed by atoms with Crippen molar-refractivity contribution in [3.8, 4) is 11.5 Å². The van der Waals surface area contributed by atoms with Gasteiger partial charge in [-0.25, -0.2) is 0 Å². The maximum atomic E-state index is 5.74. The Morgan fingerprint density at radius 1 is 1.00 bits per heavy atom. The molecule has 1 N–H and O–H groups in total. The molecule has 1 rings (SSSR count). The van der Waals surface area contributed by atoms with Crippen molar-refractivity contribution in [3.63, 3.8) is 0 Å². The van der Waals surface area contributed by atoms with Crippen molar-refractivity contribution >= 4 is 0 Å². The quantitative estimate of drug-likeness (QED) is 0.701. The van der Waals surface area contributed by atoms with Crippen molar-refractivity contribution in [3.05, 3.63) is 24.3 Å². The molecular formula is C17H29NO2. The van der Waals surface area contributed by atoms with E-state index in [1.807, 2.05) is 24.3 Å². The second-order valence-corrected chi connectivity index (χ2v) is 5.86. The minimum atomic E-state index is 0.656. The molecule has 0 amide bonds. The van der Waals surface area contributed by atoms with Gasteiger partial charge in [0.05, 0.1) is 7.11 Å². The van der Waals surface area contributed by atoms with Crippen LogP contribution in [0.3, 0.4) is 0 Å². The average Bonchev–Trinajstić information content (AvgIpc) is 2.42. The highest BCUT2D eigenvalue weighted by Gasteiger charge is 2.16. The summed E-state index contributed by atoms with van der Waals surface area (Å²) in [7, 11) is 1.66. The third-order valence-corrected chi connectivity index (χ3v) is 3.70. The van der Waals surface area contributed by atoms with Gasteiger partial charge in [-0.1, -0.05) is 39.8 Å². The van der Waals surface area contributed by atoms with Gasteiger partial charge < -0.3 is 14.8 Å². The van der Waals surface area contributed by atoms with Crippen LogP contribution in [0.1, 0.15) is 27.7 Å². The Morgan fingerprint density at radius 2 is 1.60 bits per heavy atom. The number of benzene rings is 1. The molecule has 1 aromatic rings. The molecule has 0 saturated carbocycles. The summed E-state index contributed by atoms with van der Waals surface area (Å²) in [5, 5.41) is 3.49. The number of ether oxygens (including phenoxy) is 2. The highest BCUT2D eigenvalue weighted by atomic mass is 16.5. The van der Waals surface area contributed by atoms with Gasteiger partial charge in [-0.15, -0.1) is 0 Å². The zero-order valence-electron chi connectivity index (χ0n) is 13.5. The largest absolute Gasteiger partial charge is 0.493 e. The lowest BCUT2D eigenvalue weighted by Crippen LogP contribution is -2.32. The Labute approximate surface area is 123 Å². The van der Waals surface area contributed by atoms with Gasteiger partial charge in [0.15, 0.2) is 11.5 Å². The first kappa shape index (κ1) is 16.8. The fourth-order valence-electron chi connectivity index (χ4n) is 2.48. The summed E-state index contributed by atoms with van der Waals surface area (Å²) < 4.78 is 11.0. The van der Waals surface area contributed by atoms with Crippen LogP contribution in [0.5, 0.6) is 11.5 Å². The van der Waals surface area contributed by atoms with Gasteiger partial charge in [0, 0.05) is 6.54 Å². The molecule has 0 aromatic heterocycles. The van der Waals surface area contributed by atoms with Crippen molar-refractivity contribution in [2.24, 2.45) is 17.8 Å². The van der Waals surface area contributed by atoms with Crippen molar-refractivity contribution in [1.29, 1.82) is 0 Å². The van der Waals surface area contributed by atoms with Crippen LogP contribution >= 0.6 is 0 Å². The number of rotatable bonds is 9. The summed E-state index contributed by atoms with van der Waals surface area (Å²) in [5.74, 6) is 3.72. The summed E-state index contributed by atoms with van der Waals surface area (Å²) >= 11 is 0. The monoisotopic (exact) mass is 279 g/mol. The third-order valence-electron chi connectivity index (χ3n) is 3.70. The SMILES string of the molecule is COc1ccccc1OCCNCC(C(C)C)C(C)C. The molecule has 0 radical (unpaired) electrons. The standard InChI is InChI=1S/C17H29NO2/c1-13(2)15(14(3)4)12-18-10-11-20-17-9-7-6-8-16(17)19-5/h6-9,13-15,18H,10-12H2,1-5H3. The topological polar surface area (TPSA) is 30.5 Å². The average molecular weight is 279 g/mol. The number of hydrogen-bond acceptors (Lipinski definition) is 3. The van der Waals surface area contributed by atoms with Gasteiger partial charge in [0.25, 0.3) is 0 Å². The van der Waals surface area contributed by atoms with E-state index in [4.69, 9.17) is 9.47 Å². The molecule has 0 fully saturated rings. The van der Waals surface area contributed by atoms with E-state index in [-0.39, 0.29) is 0 Å². The molecule has 0 atom stereocenters. The van der Waals surface area contributed by atoms with E-state index in [9.17, 15) is 0 Å². The van der Waals surface area contributed by atoms with Crippen LogP contribution in [0, 0.1) is 17.8 Å². The minimum Gasteiger partial charge on any atom is -0.493 e. The molecule has 3 heteroatoms. The molecule has 114 valence electrons. The summed E-state index contributed by atoms with van der Waals surface area (Å²) in [6.07, 6.45) is 0. The number of para-hydroxylation sites is 2. The molecular weight excluding hydrogens is 250 g/mol. The molecule has 1 aromatic carbocycles. The summed E-state index contributed by atoms with van der Waals surface area (Å²) in [5.41, 5.74) is 0. The van der Waals surface area contributed by atoms with Gasteiger partial charge in [0.1, 0.15) is 6.61 Å². The fraction of sp³-hybridized carbons (Fsp3) is 0.647. The molecule has 0 unspecified atom stereocenters. The summed E-state index contributed by atoms with van der Waals surface area (Å²) in [4.78, 5) is 0. The molecule has 20 heavy (non-hydrogen) atoms. The Balaban J connectivity index is 2.28. The van der Waals surface area contributed by atoms with E-state index in [1.54, 1.807) is 7.11 Å². The Bertz CT molecular complexity index is 369. The van der Waals surface area contributed by atoms with E-state index in [0.717, 1.165) is 24.6 Å². The van der Waals surface area contributed by atoms with Crippen molar-refractivity contribution in [1.82, 2.24) is 5.32 Å². The van der Waals surface area contributed by atoms with Crippen LogP contribution in [0.4, 0.5) is 0 Å². The Hall–Kier alpha value is -1.22. The first-order chi connectivity index (χ1) is 9.56. The number of hydrogen-bond donors (Lipinski definition) is 1. The van der Waals surface area contributed by atoms with Crippen LogP contribution in [-0.2, 0) is 0 Å². The van der Waals surface area contributed by atoms with Gasteiger partial charge in [-0.05, 0) is 36.4 Å². The lowest BCUT2D eigenvalue weighted by molar-refractivity contribution is 0.255. The molecule has 0 aliphatic carbocycles. The fourth-order valence-corrected chi connectivity index (χ4v) is 2.48. The molecule has 0 bridgehead atoms. The molecule has 0 spiro atoms. The first-order valence-electron chi connectivity index (χ1n) is 7.52. The summed E-state index contributed by atoms with van der Waals surface area (Å²) in [6.45, 7) is 11.7. The van der Waals surface area contributed by atoms with Crippen LogP contribution in [0.2, 0.25) is 0 Å². The second-order valence-electron chi connectivity index (χ2n) is 5.86. The predicted molar refractivity (Wildman–Crippen MR) is 84.5 cm³/mol. The molecule has 0 heterocycles. The minimum absolute atomic E-state index is 0.656. The molecule has 0 aliphatic rings. The van der Waals surface area contributed by atoms with Crippen LogP contribution < -0.4 is 14.8 Å². The predicted octanol–water partition coefficient (Wildman–Crippen LogP) is 3.59. The molecule has 0 saturated heterocycles. The maximum Gasteiger partial charge on any atom is 0.161 e. The number of methoxy groups -OCH3 is 1. The van der Waals surface area contributed by atoms with E-state index in [2.05, 4.69) is 33.0 Å². The zero-order chi connectivity index (χ0) is 15.0. The van der Waals surface area contributed by atoms with Crippen molar-refractivity contribution in [2.45, 2.75) is 27.7 Å². The number of nitrogens with one attached hydrogen (secondary N) is 1. The lowest BCUT2D eigenvalue weighted by Gasteiger charge is -2.25. The van der Waals surface area contributed by atoms with Gasteiger partial charge in [0.2, 0.25) is 0 Å². The smallest absolute Gasteiger partial charge is 0.161 e. The highest BCUT2D eigenvalue weighted by Crippen LogP contribution is 2.25. The Kier molecular flexibility index (Phi) is 7.45. The van der Waals surface area contributed by atoms with Crippen LogP contribution in [0.25, 0.3) is 0 Å². The summed E-state index contributed by atoms with van der Waals surface area (Å²) in [6, 6.07) is 7.75. The van der Waals surface area contributed by atoms with Gasteiger partial charge in [-0.2, -0.15) is 0 Å². The normalized spacial score (nSPS) is 11.4. The van der Waals surface area contributed by atoms with Crippen molar-refractivity contribution < 1.29 is 9.47 Å². The zero-order valence-corrected chi connectivity index (χ0v) is 13.5. The second kappa shape index (κ2) is 8.85.